The molecule has 2 aromatic heterocycles. The van der Waals surface area contributed by atoms with Gasteiger partial charge in [-0.15, -0.1) is 11.6 Å². The molecule has 2 aromatic rings. The van der Waals surface area contributed by atoms with Gasteiger partial charge in [-0.25, -0.2) is 9.97 Å². The Morgan fingerprint density at radius 3 is 2.62 bits per heavy atom. The number of aromatic nitrogens is 3. The Labute approximate surface area is 132 Å². The van der Waals surface area contributed by atoms with Crippen LogP contribution in [0.5, 0.6) is 0 Å². The summed E-state index contributed by atoms with van der Waals surface area (Å²) in [6.07, 6.45) is 2.99. The minimum atomic E-state index is 0.342. The lowest BCUT2D eigenvalue weighted by molar-refractivity contribution is 0.289. The predicted molar refractivity (Wildman–Crippen MR) is 88.9 cm³/mol. The van der Waals surface area contributed by atoms with Gasteiger partial charge in [0.2, 0.25) is 0 Å². The SMILES string of the molecule is Cc1cnc2c(c1)nc(CCl)n2C(CC(C)C)CN(C)C. The van der Waals surface area contributed by atoms with Crippen LogP contribution in [0.4, 0.5) is 0 Å². The van der Waals surface area contributed by atoms with Gasteiger partial charge in [-0.2, -0.15) is 0 Å². The number of pyridine rings is 1. The van der Waals surface area contributed by atoms with Crippen molar-refractivity contribution < 1.29 is 0 Å². The molecule has 0 aliphatic rings. The van der Waals surface area contributed by atoms with Crippen molar-refractivity contribution in [3.05, 3.63) is 23.7 Å². The number of rotatable bonds is 6. The lowest BCUT2D eigenvalue weighted by Crippen LogP contribution is -2.27. The van der Waals surface area contributed by atoms with E-state index in [4.69, 9.17) is 11.6 Å². The summed E-state index contributed by atoms with van der Waals surface area (Å²) in [7, 11) is 4.20. The topological polar surface area (TPSA) is 34.0 Å². The molecule has 0 spiro atoms. The molecular weight excluding hydrogens is 284 g/mol. The number of imidazole rings is 1. The van der Waals surface area contributed by atoms with Gasteiger partial charge < -0.3 is 9.47 Å². The van der Waals surface area contributed by atoms with E-state index >= 15 is 0 Å². The summed E-state index contributed by atoms with van der Waals surface area (Å²) < 4.78 is 2.24. The van der Waals surface area contributed by atoms with Gasteiger partial charge in [-0.3, -0.25) is 0 Å². The molecule has 4 nitrogen and oxygen atoms in total. The van der Waals surface area contributed by atoms with Crippen molar-refractivity contribution >= 4 is 22.8 Å². The highest BCUT2D eigenvalue weighted by atomic mass is 35.5. The average molecular weight is 309 g/mol. The van der Waals surface area contributed by atoms with Gasteiger partial charge in [0, 0.05) is 18.8 Å². The highest BCUT2D eigenvalue weighted by Crippen LogP contribution is 2.26. The van der Waals surface area contributed by atoms with E-state index in [-0.39, 0.29) is 0 Å². The summed E-state index contributed by atoms with van der Waals surface area (Å²) in [4.78, 5) is 11.5. The number of alkyl halides is 1. The third kappa shape index (κ3) is 3.74. The van der Waals surface area contributed by atoms with Crippen molar-refractivity contribution in [2.24, 2.45) is 5.92 Å². The maximum absolute atomic E-state index is 6.14. The summed E-state index contributed by atoms with van der Waals surface area (Å²) in [6, 6.07) is 2.42. The Bertz CT molecular complexity index is 594. The number of nitrogens with zero attached hydrogens (tertiary/aromatic N) is 4. The van der Waals surface area contributed by atoms with Crippen LogP contribution in [0.1, 0.15) is 37.7 Å². The van der Waals surface area contributed by atoms with E-state index in [1.807, 2.05) is 13.1 Å². The van der Waals surface area contributed by atoms with Crippen LogP contribution < -0.4 is 0 Å². The van der Waals surface area contributed by atoms with Crippen molar-refractivity contribution in [1.82, 2.24) is 19.4 Å². The molecule has 0 fully saturated rings. The second kappa shape index (κ2) is 6.75. The molecule has 5 heteroatoms. The Morgan fingerprint density at radius 1 is 1.33 bits per heavy atom. The minimum Gasteiger partial charge on any atom is -0.307 e. The normalized spacial score (nSPS) is 13.5. The zero-order chi connectivity index (χ0) is 15.6. The molecule has 0 radical (unpaired) electrons. The van der Waals surface area contributed by atoms with Crippen molar-refractivity contribution in [3.8, 4) is 0 Å². The largest absolute Gasteiger partial charge is 0.307 e. The summed E-state index contributed by atoms with van der Waals surface area (Å²) >= 11 is 6.14. The van der Waals surface area contributed by atoms with E-state index in [9.17, 15) is 0 Å². The summed E-state index contributed by atoms with van der Waals surface area (Å²) in [5.74, 6) is 1.94. The molecule has 0 bridgehead atoms. The minimum absolute atomic E-state index is 0.342. The zero-order valence-electron chi connectivity index (χ0n) is 13.6. The van der Waals surface area contributed by atoms with Gasteiger partial charge >= 0.3 is 0 Å². The molecule has 1 unspecified atom stereocenters. The number of fused-ring (bicyclic) bond motifs is 1. The van der Waals surface area contributed by atoms with Gasteiger partial charge in [0.1, 0.15) is 11.3 Å². The van der Waals surface area contributed by atoms with Crippen molar-refractivity contribution in [2.75, 3.05) is 20.6 Å². The highest BCUT2D eigenvalue weighted by molar-refractivity contribution is 6.16. The fourth-order valence-corrected chi connectivity index (χ4v) is 3.02. The van der Waals surface area contributed by atoms with Crippen LogP contribution >= 0.6 is 11.6 Å². The van der Waals surface area contributed by atoms with Crippen LogP contribution in [0, 0.1) is 12.8 Å². The van der Waals surface area contributed by atoms with E-state index in [0.29, 0.717) is 17.8 Å². The Hall–Kier alpha value is -1.13. The van der Waals surface area contributed by atoms with Crippen LogP contribution in [0.2, 0.25) is 0 Å². The molecule has 1 atom stereocenters. The molecular formula is C16H25ClN4. The first-order chi connectivity index (χ1) is 9.92. The zero-order valence-corrected chi connectivity index (χ0v) is 14.4. The molecule has 0 aromatic carbocycles. The highest BCUT2D eigenvalue weighted by Gasteiger charge is 2.21. The lowest BCUT2D eigenvalue weighted by Gasteiger charge is -2.25. The predicted octanol–water partition coefficient (Wildman–Crippen LogP) is 3.63. The first-order valence-corrected chi connectivity index (χ1v) is 8.00. The summed E-state index contributed by atoms with van der Waals surface area (Å²) in [5.41, 5.74) is 3.02. The van der Waals surface area contributed by atoms with Gasteiger partial charge in [0.15, 0.2) is 5.65 Å². The van der Waals surface area contributed by atoms with Crippen molar-refractivity contribution in [3.63, 3.8) is 0 Å². The maximum Gasteiger partial charge on any atom is 0.160 e. The molecule has 21 heavy (non-hydrogen) atoms. The quantitative estimate of drug-likeness (QED) is 0.764. The Morgan fingerprint density at radius 2 is 2.05 bits per heavy atom. The summed E-state index contributed by atoms with van der Waals surface area (Å²) in [5, 5.41) is 0. The molecule has 0 N–H and O–H groups in total. The first kappa shape index (κ1) is 16.2. The van der Waals surface area contributed by atoms with E-state index < -0.39 is 0 Å². The fraction of sp³-hybridized carbons (Fsp3) is 0.625. The summed E-state index contributed by atoms with van der Waals surface area (Å²) in [6.45, 7) is 7.50. The van der Waals surface area contributed by atoms with Crippen LogP contribution in [0.3, 0.4) is 0 Å². The number of hydrogen-bond acceptors (Lipinski definition) is 3. The van der Waals surface area contributed by atoms with Crippen molar-refractivity contribution in [1.29, 1.82) is 0 Å². The van der Waals surface area contributed by atoms with Crippen LogP contribution in [-0.4, -0.2) is 40.1 Å². The smallest absolute Gasteiger partial charge is 0.160 e. The van der Waals surface area contributed by atoms with Crippen molar-refractivity contribution in [2.45, 2.75) is 39.1 Å². The van der Waals surface area contributed by atoms with E-state index in [1.54, 1.807) is 0 Å². The third-order valence-electron chi connectivity index (χ3n) is 3.54. The van der Waals surface area contributed by atoms with Gasteiger partial charge in [-0.1, -0.05) is 13.8 Å². The number of aryl methyl sites for hydroxylation is 1. The first-order valence-electron chi connectivity index (χ1n) is 7.46. The molecule has 0 saturated carbocycles. The van der Waals surface area contributed by atoms with Gasteiger partial charge in [0.05, 0.1) is 5.88 Å². The number of likely N-dealkylation sites (N-methyl/N-ethyl adjacent to an activating group) is 1. The number of hydrogen-bond donors (Lipinski definition) is 0. The molecule has 0 saturated heterocycles. The van der Waals surface area contributed by atoms with Crippen LogP contribution in [-0.2, 0) is 5.88 Å². The number of halogens is 1. The molecule has 0 aliphatic heterocycles. The Balaban J connectivity index is 2.53. The van der Waals surface area contributed by atoms with Crippen LogP contribution in [0.25, 0.3) is 11.2 Å². The second-order valence-electron chi connectivity index (χ2n) is 6.43. The molecule has 116 valence electrons. The molecule has 2 heterocycles. The lowest BCUT2D eigenvalue weighted by atomic mass is 10.0. The molecule has 2 rings (SSSR count). The fourth-order valence-electron chi connectivity index (χ4n) is 2.83. The van der Waals surface area contributed by atoms with E-state index in [0.717, 1.165) is 35.5 Å². The monoisotopic (exact) mass is 308 g/mol. The molecule has 0 amide bonds. The third-order valence-corrected chi connectivity index (χ3v) is 3.78. The van der Waals surface area contributed by atoms with E-state index in [1.165, 1.54) is 0 Å². The average Bonchev–Trinajstić information content (AvgIpc) is 2.74. The van der Waals surface area contributed by atoms with Gasteiger partial charge in [0.25, 0.3) is 0 Å². The standard InChI is InChI=1S/C16H25ClN4/c1-11(2)6-13(10-20(4)5)21-15(8-17)19-14-7-12(3)9-18-16(14)21/h7,9,11,13H,6,8,10H2,1-5H3. The second-order valence-corrected chi connectivity index (χ2v) is 6.70. The molecule has 0 aliphatic carbocycles. The Kier molecular flexibility index (Phi) is 5.22. The van der Waals surface area contributed by atoms with Gasteiger partial charge in [-0.05, 0) is 45.0 Å². The maximum atomic E-state index is 6.14. The van der Waals surface area contributed by atoms with Crippen LogP contribution in [0.15, 0.2) is 12.3 Å². The van der Waals surface area contributed by atoms with E-state index in [2.05, 4.69) is 53.4 Å².